The molecule has 1 aromatic carbocycles. The summed E-state index contributed by atoms with van der Waals surface area (Å²) < 4.78 is 1.63. The summed E-state index contributed by atoms with van der Waals surface area (Å²) >= 11 is 7.31. The van der Waals surface area contributed by atoms with Crippen LogP contribution in [0.15, 0.2) is 29.4 Å². The van der Waals surface area contributed by atoms with E-state index in [1.807, 2.05) is 19.1 Å². The number of rotatable bonds is 6. The number of nitrogens with zero attached hydrogens (tertiary/aromatic N) is 4. The molecule has 0 aliphatic heterocycles. The van der Waals surface area contributed by atoms with Gasteiger partial charge in [-0.2, -0.15) is 4.68 Å². The summed E-state index contributed by atoms with van der Waals surface area (Å²) in [5.74, 6) is 2.35. The Kier molecular flexibility index (Phi) is 5.41. The van der Waals surface area contributed by atoms with Crippen molar-refractivity contribution in [2.24, 2.45) is 17.8 Å². The molecule has 2 bridgehead atoms. The molecule has 0 unspecified atom stereocenters. The van der Waals surface area contributed by atoms with Crippen molar-refractivity contribution < 1.29 is 4.79 Å². The average molecular weight is 406 g/mol. The summed E-state index contributed by atoms with van der Waals surface area (Å²) in [7, 11) is 0. The number of hydrogen-bond acceptors (Lipinski definition) is 5. The fourth-order valence-corrected chi connectivity index (χ4v) is 5.51. The van der Waals surface area contributed by atoms with E-state index in [-0.39, 0.29) is 17.2 Å². The Morgan fingerprint density at radius 1 is 1.26 bits per heavy atom. The molecule has 0 saturated heterocycles. The molecule has 5 atom stereocenters. The van der Waals surface area contributed by atoms with Crippen LogP contribution < -0.4 is 5.32 Å². The molecule has 0 radical (unpaired) electrons. The van der Waals surface area contributed by atoms with Crippen molar-refractivity contribution in [3.8, 4) is 5.69 Å². The van der Waals surface area contributed by atoms with Crippen molar-refractivity contribution in [2.45, 2.75) is 56.0 Å². The summed E-state index contributed by atoms with van der Waals surface area (Å²) in [6.07, 6.45) is 5.32. The third kappa shape index (κ3) is 3.99. The fourth-order valence-electron chi connectivity index (χ4n) is 4.56. The molecule has 2 aliphatic rings. The Labute approximate surface area is 168 Å². The van der Waals surface area contributed by atoms with E-state index in [1.54, 1.807) is 16.8 Å². The van der Waals surface area contributed by atoms with Crippen LogP contribution in [0.25, 0.3) is 5.69 Å². The molecule has 2 saturated carbocycles. The number of fused-ring (bicyclic) bond motifs is 2. The minimum Gasteiger partial charge on any atom is -0.352 e. The number of amides is 1. The summed E-state index contributed by atoms with van der Waals surface area (Å²) in [5.41, 5.74) is 0.815. The SMILES string of the molecule is C[C@H](Sc1nnnn1-c1ccc(Cl)cc1)C(=O)N[C@@H](C)[C@H]1C[C@H]2CC[C@H]1C2. The molecule has 0 spiro atoms. The van der Waals surface area contributed by atoms with E-state index in [0.717, 1.165) is 17.5 Å². The van der Waals surface area contributed by atoms with Gasteiger partial charge in [-0.1, -0.05) is 29.8 Å². The lowest BCUT2D eigenvalue weighted by molar-refractivity contribution is -0.121. The average Bonchev–Trinajstić information content (AvgIpc) is 3.39. The minimum absolute atomic E-state index is 0.0425. The number of tetrazole rings is 1. The highest BCUT2D eigenvalue weighted by atomic mass is 35.5. The molecule has 4 rings (SSSR count). The molecule has 1 heterocycles. The van der Waals surface area contributed by atoms with Crippen LogP contribution in [0.4, 0.5) is 0 Å². The molecular weight excluding hydrogens is 382 g/mol. The van der Waals surface area contributed by atoms with Crippen molar-refractivity contribution in [3.05, 3.63) is 29.3 Å². The largest absolute Gasteiger partial charge is 0.352 e. The number of hydrogen-bond donors (Lipinski definition) is 1. The zero-order valence-corrected chi connectivity index (χ0v) is 17.1. The predicted molar refractivity (Wildman–Crippen MR) is 106 cm³/mol. The summed E-state index contributed by atoms with van der Waals surface area (Å²) in [5, 5.41) is 16.1. The van der Waals surface area contributed by atoms with E-state index in [0.29, 0.717) is 16.1 Å². The third-order valence-corrected chi connectivity index (χ3v) is 7.25. The number of halogens is 1. The molecular formula is C19H24ClN5OS. The van der Waals surface area contributed by atoms with Gasteiger partial charge in [-0.3, -0.25) is 4.79 Å². The van der Waals surface area contributed by atoms with Crippen LogP contribution in [0.1, 0.15) is 39.5 Å². The first-order valence-electron chi connectivity index (χ1n) is 9.52. The molecule has 8 heteroatoms. The fraction of sp³-hybridized carbons (Fsp3) is 0.579. The lowest BCUT2D eigenvalue weighted by Crippen LogP contribution is -2.43. The van der Waals surface area contributed by atoms with Crippen LogP contribution >= 0.6 is 23.4 Å². The first-order valence-corrected chi connectivity index (χ1v) is 10.8. The second-order valence-electron chi connectivity index (χ2n) is 7.75. The van der Waals surface area contributed by atoms with E-state index in [9.17, 15) is 4.79 Å². The lowest BCUT2D eigenvalue weighted by Gasteiger charge is -2.29. The van der Waals surface area contributed by atoms with Gasteiger partial charge in [0.05, 0.1) is 10.9 Å². The normalized spacial score (nSPS) is 26.1. The van der Waals surface area contributed by atoms with E-state index in [2.05, 4.69) is 27.8 Å². The van der Waals surface area contributed by atoms with Crippen LogP contribution in [-0.2, 0) is 4.79 Å². The van der Waals surface area contributed by atoms with Crippen molar-refractivity contribution in [1.82, 2.24) is 25.5 Å². The maximum Gasteiger partial charge on any atom is 0.233 e. The van der Waals surface area contributed by atoms with Gasteiger partial charge < -0.3 is 5.32 Å². The number of thioether (sulfide) groups is 1. The molecule has 6 nitrogen and oxygen atoms in total. The predicted octanol–water partition coefficient (Wildman–Crippen LogP) is 3.74. The molecule has 1 aromatic heterocycles. The number of carbonyl (C=O) groups is 1. The Morgan fingerprint density at radius 2 is 2.04 bits per heavy atom. The Balaban J connectivity index is 1.38. The quantitative estimate of drug-likeness (QED) is 0.741. The monoisotopic (exact) mass is 405 g/mol. The van der Waals surface area contributed by atoms with Gasteiger partial charge in [0.25, 0.3) is 0 Å². The molecule has 27 heavy (non-hydrogen) atoms. The number of benzene rings is 1. The Hall–Kier alpha value is -1.60. The maximum absolute atomic E-state index is 12.7. The third-order valence-electron chi connectivity index (χ3n) is 5.97. The zero-order chi connectivity index (χ0) is 19.0. The van der Waals surface area contributed by atoms with Crippen molar-refractivity contribution >= 4 is 29.3 Å². The summed E-state index contributed by atoms with van der Waals surface area (Å²) in [6.45, 7) is 4.05. The first-order chi connectivity index (χ1) is 13.0. The summed E-state index contributed by atoms with van der Waals surface area (Å²) in [6, 6.07) is 7.51. The van der Waals surface area contributed by atoms with Crippen molar-refractivity contribution in [3.63, 3.8) is 0 Å². The highest BCUT2D eigenvalue weighted by Crippen LogP contribution is 2.49. The highest BCUT2D eigenvalue weighted by molar-refractivity contribution is 8.00. The first kappa shape index (κ1) is 18.7. The highest BCUT2D eigenvalue weighted by Gasteiger charge is 2.42. The van der Waals surface area contributed by atoms with Crippen molar-refractivity contribution in [1.29, 1.82) is 0 Å². The van der Waals surface area contributed by atoms with Gasteiger partial charge in [0.15, 0.2) is 0 Å². The molecule has 1 amide bonds. The molecule has 1 N–H and O–H groups in total. The van der Waals surface area contributed by atoms with E-state index >= 15 is 0 Å². The number of nitrogens with one attached hydrogen (secondary N) is 1. The van der Waals surface area contributed by atoms with Gasteiger partial charge in [-0.25, -0.2) is 0 Å². The lowest BCUT2D eigenvalue weighted by atomic mass is 9.84. The molecule has 144 valence electrons. The Bertz CT molecular complexity index is 811. The topological polar surface area (TPSA) is 72.7 Å². The molecule has 2 fully saturated rings. The summed E-state index contributed by atoms with van der Waals surface area (Å²) in [4.78, 5) is 12.7. The van der Waals surface area contributed by atoms with E-state index in [1.165, 1.54) is 37.4 Å². The van der Waals surface area contributed by atoms with Gasteiger partial charge in [-0.05, 0) is 85.6 Å². The molecule has 2 aliphatic carbocycles. The van der Waals surface area contributed by atoms with Crippen LogP contribution in [0.2, 0.25) is 5.02 Å². The smallest absolute Gasteiger partial charge is 0.233 e. The van der Waals surface area contributed by atoms with Crippen LogP contribution in [0.3, 0.4) is 0 Å². The van der Waals surface area contributed by atoms with E-state index in [4.69, 9.17) is 11.6 Å². The molecule has 2 aromatic rings. The second-order valence-corrected chi connectivity index (χ2v) is 9.49. The minimum atomic E-state index is -0.275. The van der Waals surface area contributed by atoms with Gasteiger partial charge in [0.1, 0.15) is 0 Å². The number of carbonyl (C=O) groups excluding carboxylic acids is 1. The van der Waals surface area contributed by atoms with Gasteiger partial charge in [-0.15, -0.1) is 5.10 Å². The van der Waals surface area contributed by atoms with Gasteiger partial charge in [0, 0.05) is 11.1 Å². The van der Waals surface area contributed by atoms with Crippen molar-refractivity contribution in [2.75, 3.05) is 0 Å². The maximum atomic E-state index is 12.7. The van der Waals surface area contributed by atoms with Crippen LogP contribution in [-0.4, -0.2) is 37.4 Å². The van der Waals surface area contributed by atoms with Crippen LogP contribution in [0.5, 0.6) is 0 Å². The van der Waals surface area contributed by atoms with E-state index < -0.39 is 0 Å². The second kappa shape index (κ2) is 7.80. The standard InChI is InChI=1S/C19H24ClN5OS/c1-11(17-10-13-3-4-14(17)9-13)21-18(26)12(2)27-19-22-23-24-25(19)16-7-5-15(20)6-8-16/h5-8,11-14,17H,3-4,9-10H2,1-2H3,(H,21,26)/t11-,12-,13-,14-,17+/m0/s1. The van der Waals surface area contributed by atoms with Gasteiger partial charge in [0.2, 0.25) is 11.1 Å². The Morgan fingerprint density at radius 3 is 2.70 bits per heavy atom. The van der Waals surface area contributed by atoms with Crippen LogP contribution in [0, 0.1) is 17.8 Å². The van der Waals surface area contributed by atoms with Gasteiger partial charge >= 0.3 is 0 Å². The zero-order valence-electron chi connectivity index (χ0n) is 15.5. The number of aromatic nitrogens is 4.